The van der Waals surface area contributed by atoms with E-state index in [1.807, 2.05) is 17.0 Å². The van der Waals surface area contributed by atoms with Gasteiger partial charge in [-0.3, -0.25) is 19.4 Å². The predicted octanol–water partition coefficient (Wildman–Crippen LogP) is 7.28. The Bertz CT molecular complexity index is 1600. The van der Waals surface area contributed by atoms with E-state index in [-0.39, 0.29) is 16.5 Å². The van der Waals surface area contributed by atoms with Crippen molar-refractivity contribution in [2.45, 2.75) is 52.5 Å². The molecule has 1 N–H and O–H groups in total. The third-order valence-corrected chi connectivity index (χ3v) is 9.45. The maximum absolute atomic E-state index is 13.3. The number of carbonyl (C=O) groups is 1. The van der Waals surface area contributed by atoms with Crippen molar-refractivity contribution in [3.63, 3.8) is 0 Å². The normalized spacial score (nSPS) is 17.0. The fourth-order valence-electron chi connectivity index (χ4n) is 5.58. The standard InChI is InChI=1S/C37H46N4O4S/c1-5-11-30(6-2)13-9-27-45-34-21-15-31(16-22-34)28-40-23-10-24-41(26-25-40)37(42)32-17-19-33(20-18-32)39-46(43,44)35-14-8-12-29(4)36(35)38-7-3/h7-8,11-12,14-22,39H,3-6,9-10,13,23-28H2,1-2H3/b30-11+,38-36?. The van der Waals surface area contributed by atoms with Crippen LogP contribution in [-0.2, 0) is 16.6 Å². The molecule has 0 atom stereocenters. The quantitative estimate of drug-likeness (QED) is 0.173. The number of hydrogen-bond donors (Lipinski definition) is 1. The minimum absolute atomic E-state index is 0.00920. The second kappa shape index (κ2) is 16.9. The van der Waals surface area contributed by atoms with Crippen LogP contribution in [0.1, 0.15) is 61.9 Å². The van der Waals surface area contributed by atoms with Gasteiger partial charge in [-0.05, 0) is 85.7 Å². The summed E-state index contributed by atoms with van der Waals surface area (Å²) in [7, 11) is -3.93. The van der Waals surface area contributed by atoms with Crippen molar-refractivity contribution in [2.24, 2.45) is 4.99 Å². The van der Waals surface area contributed by atoms with E-state index in [9.17, 15) is 13.2 Å². The fourth-order valence-corrected chi connectivity index (χ4v) is 6.83. The number of allylic oxidation sites excluding steroid dienone is 7. The number of nitrogens with one attached hydrogen (secondary N) is 1. The topological polar surface area (TPSA) is 91.3 Å². The van der Waals surface area contributed by atoms with Crippen LogP contribution in [0.3, 0.4) is 0 Å². The molecule has 2 aliphatic rings. The molecule has 0 saturated carbocycles. The molecule has 1 fully saturated rings. The van der Waals surface area contributed by atoms with Crippen LogP contribution in [0.5, 0.6) is 5.75 Å². The van der Waals surface area contributed by atoms with Gasteiger partial charge in [0.25, 0.3) is 15.9 Å². The number of aliphatic imine (C=N–C) groups is 1. The summed E-state index contributed by atoms with van der Waals surface area (Å²) >= 11 is 0. The van der Waals surface area contributed by atoms with E-state index >= 15 is 0 Å². The van der Waals surface area contributed by atoms with Gasteiger partial charge >= 0.3 is 0 Å². The van der Waals surface area contributed by atoms with E-state index in [0.717, 1.165) is 57.5 Å². The molecule has 1 heterocycles. The Morgan fingerprint density at radius 1 is 1.04 bits per heavy atom. The van der Waals surface area contributed by atoms with Crippen LogP contribution < -0.4 is 9.46 Å². The van der Waals surface area contributed by atoms with E-state index in [0.29, 0.717) is 36.5 Å². The van der Waals surface area contributed by atoms with Gasteiger partial charge in [-0.2, -0.15) is 0 Å². The monoisotopic (exact) mass is 642 g/mol. The van der Waals surface area contributed by atoms with Gasteiger partial charge in [0, 0.05) is 50.2 Å². The summed E-state index contributed by atoms with van der Waals surface area (Å²) < 4.78 is 34.8. The van der Waals surface area contributed by atoms with Gasteiger partial charge in [0.05, 0.1) is 12.3 Å². The smallest absolute Gasteiger partial charge is 0.264 e. The van der Waals surface area contributed by atoms with E-state index in [4.69, 9.17) is 4.74 Å². The van der Waals surface area contributed by atoms with Gasteiger partial charge in [0.15, 0.2) is 0 Å². The molecule has 0 bridgehead atoms. The lowest BCUT2D eigenvalue weighted by Gasteiger charge is -2.22. The predicted molar refractivity (Wildman–Crippen MR) is 189 cm³/mol. The molecule has 46 heavy (non-hydrogen) atoms. The average Bonchev–Trinajstić information content (AvgIpc) is 3.29. The highest BCUT2D eigenvalue weighted by molar-refractivity contribution is 7.97. The first-order valence-corrected chi connectivity index (χ1v) is 17.5. The molecule has 244 valence electrons. The van der Waals surface area contributed by atoms with Gasteiger partial charge < -0.3 is 9.64 Å². The molecule has 9 heteroatoms. The van der Waals surface area contributed by atoms with Crippen LogP contribution in [0.2, 0.25) is 0 Å². The molecule has 1 aliphatic carbocycles. The van der Waals surface area contributed by atoms with Gasteiger partial charge in [-0.25, -0.2) is 8.42 Å². The molecule has 0 aromatic heterocycles. The van der Waals surface area contributed by atoms with E-state index < -0.39 is 10.0 Å². The zero-order valence-electron chi connectivity index (χ0n) is 27.1. The Kier molecular flexibility index (Phi) is 12.7. The molecule has 0 radical (unpaired) electrons. The average molecular weight is 643 g/mol. The number of amides is 1. The Hall–Kier alpha value is -4.21. The largest absolute Gasteiger partial charge is 0.494 e. The van der Waals surface area contributed by atoms with E-state index in [1.165, 1.54) is 23.4 Å². The lowest BCUT2D eigenvalue weighted by atomic mass is 10.1. The molecular formula is C37H46N4O4S. The van der Waals surface area contributed by atoms with Gasteiger partial charge in [-0.15, -0.1) is 0 Å². The number of ether oxygens (including phenoxy) is 1. The summed E-state index contributed by atoms with van der Waals surface area (Å²) in [6.45, 7) is 16.3. The first kappa shape index (κ1) is 34.7. The first-order chi connectivity index (χ1) is 22.2. The third-order valence-electron chi connectivity index (χ3n) is 8.04. The Labute approximate surface area is 274 Å². The van der Waals surface area contributed by atoms with Crippen LogP contribution in [0.4, 0.5) is 5.69 Å². The summed E-state index contributed by atoms with van der Waals surface area (Å²) in [6.07, 6.45) is 13.6. The number of rotatable bonds is 14. The number of nitrogens with zero attached hydrogens (tertiary/aromatic N) is 3. The summed E-state index contributed by atoms with van der Waals surface area (Å²) in [5.41, 5.74) is 4.31. The number of sulfonamides is 1. The van der Waals surface area contributed by atoms with Crippen molar-refractivity contribution >= 4 is 27.3 Å². The van der Waals surface area contributed by atoms with Crippen molar-refractivity contribution in [1.82, 2.24) is 9.80 Å². The molecule has 0 unspecified atom stereocenters. The van der Waals surface area contributed by atoms with Crippen molar-refractivity contribution in [3.8, 4) is 5.75 Å². The maximum Gasteiger partial charge on any atom is 0.264 e. The molecule has 2 aromatic rings. The van der Waals surface area contributed by atoms with Gasteiger partial charge in [0.1, 0.15) is 10.7 Å². The second-order valence-corrected chi connectivity index (χ2v) is 13.1. The van der Waals surface area contributed by atoms with Crippen molar-refractivity contribution < 1.29 is 17.9 Å². The zero-order chi connectivity index (χ0) is 32.9. The van der Waals surface area contributed by atoms with Crippen LogP contribution in [0.15, 0.2) is 113 Å². The molecular weight excluding hydrogens is 596 g/mol. The number of benzene rings is 2. The minimum Gasteiger partial charge on any atom is -0.494 e. The number of carbonyl (C=O) groups excluding carboxylic acids is 1. The summed E-state index contributed by atoms with van der Waals surface area (Å²) in [4.78, 5) is 21.7. The highest BCUT2D eigenvalue weighted by Gasteiger charge is 2.26. The number of hydrogen-bond acceptors (Lipinski definition) is 6. The van der Waals surface area contributed by atoms with Crippen LogP contribution >= 0.6 is 0 Å². The Morgan fingerprint density at radius 3 is 2.50 bits per heavy atom. The third kappa shape index (κ3) is 9.64. The Balaban J connectivity index is 1.26. The summed E-state index contributed by atoms with van der Waals surface area (Å²) in [6, 6.07) is 14.9. The molecule has 1 aliphatic heterocycles. The van der Waals surface area contributed by atoms with Crippen LogP contribution in [0, 0.1) is 0 Å². The lowest BCUT2D eigenvalue weighted by Crippen LogP contribution is -2.35. The van der Waals surface area contributed by atoms with Gasteiger partial charge in [-0.1, -0.05) is 62.9 Å². The molecule has 1 amide bonds. The van der Waals surface area contributed by atoms with Crippen molar-refractivity contribution in [1.29, 1.82) is 0 Å². The SMILES string of the molecule is C=CN=C1C(=C)C=CC=C1S(=O)(=O)Nc1ccc(C(=O)N2CCCN(Cc3ccc(OCCC/C(=C/CC)CC)cc3)CC2)cc1. The molecule has 2 aromatic carbocycles. The molecule has 4 rings (SSSR count). The highest BCUT2D eigenvalue weighted by atomic mass is 32.2. The zero-order valence-corrected chi connectivity index (χ0v) is 27.9. The van der Waals surface area contributed by atoms with Crippen molar-refractivity contribution in [2.75, 3.05) is 37.5 Å². The second-order valence-electron chi connectivity index (χ2n) is 11.4. The molecule has 8 nitrogen and oxygen atoms in total. The molecule has 0 spiro atoms. The number of anilines is 1. The maximum atomic E-state index is 13.3. The van der Waals surface area contributed by atoms with Crippen molar-refractivity contribution in [3.05, 3.63) is 119 Å². The van der Waals surface area contributed by atoms with E-state index in [2.05, 4.69) is 59.8 Å². The van der Waals surface area contributed by atoms with Crippen LogP contribution in [0.25, 0.3) is 0 Å². The summed E-state index contributed by atoms with van der Waals surface area (Å²) in [5, 5.41) is 0. The van der Waals surface area contributed by atoms with Gasteiger partial charge in [0.2, 0.25) is 0 Å². The first-order valence-electron chi connectivity index (χ1n) is 16.0. The lowest BCUT2D eigenvalue weighted by molar-refractivity contribution is 0.0761. The molecule has 1 saturated heterocycles. The Morgan fingerprint density at radius 2 is 1.80 bits per heavy atom. The van der Waals surface area contributed by atoms with Crippen LogP contribution in [-0.4, -0.2) is 62.6 Å². The summed E-state index contributed by atoms with van der Waals surface area (Å²) in [5.74, 6) is 0.832. The highest BCUT2D eigenvalue weighted by Crippen LogP contribution is 2.23. The van der Waals surface area contributed by atoms with E-state index in [1.54, 1.807) is 36.4 Å². The fraction of sp³-hybridized carbons (Fsp3) is 0.351. The minimum atomic E-state index is -3.93.